The van der Waals surface area contributed by atoms with Gasteiger partial charge in [0.1, 0.15) is 5.75 Å². The van der Waals surface area contributed by atoms with Gasteiger partial charge in [-0.15, -0.1) is 0 Å². The van der Waals surface area contributed by atoms with Crippen LogP contribution in [0.15, 0.2) is 18.2 Å². The second kappa shape index (κ2) is 43.1. The quantitative estimate of drug-likeness (QED) is 0.0645. The molecule has 5 nitrogen and oxygen atoms in total. The molecule has 0 unspecified atom stereocenters. The Morgan fingerprint density at radius 2 is 0.672 bits per heavy atom. The zero-order chi connectivity index (χ0) is 41.8. The number of nitrogens with one attached hydrogen (secondary N) is 2. The molecule has 0 saturated heterocycles. The first-order chi connectivity index (χ1) is 28.6. The van der Waals surface area contributed by atoms with Crippen LogP contribution < -0.4 is 15.4 Å². The molecule has 5 heteroatoms. The summed E-state index contributed by atoms with van der Waals surface area (Å²) in [7, 11) is 0. The number of unbranched alkanes of at least 4 members (excludes halogenated alkanes) is 36. The zero-order valence-electron chi connectivity index (χ0n) is 39.2. The van der Waals surface area contributed by atoms with Crippen LogP contribution in [-0.2, 0) is 0 Å². The van der Waals surface area contributed by atoms with Crippen molar-refractivity contribution in [2.45, 2.75) is 271 Å². The number of amides is 2. The van der Waals surface area contributed by atoms with Crippen LogP contribution in [0.1, 0.15) is 292 Å². The fourth-order valence-corrected chi connectivity index (χ4v) is 8.16. The molecule has 1 rings (SSSR count). The number of hydrogen-bond donors (Lipinski definition) is 2. The first-order valence-corrected chi connectivity index (χ1v) is 26.0. The van der Waals surface area contributed by atoms with Gasteiger partial charge in [0.2, 0.25) is 0 Å². The SMILES string of the molecule is CCCCCCCCCCCCCCCCCNC(=O)c1ccc(C(=O)NCCCCCCCCCCCCCCCCC)c(OCCCCCCCCCCC)c1. The van der Waals surface area contributed by atoms with E-state index in [1.165, 1.54) is 212 Å². The van der Waals surface area contributed by atoms with E-state index < -0.39 is 0 Å². The topological polar surface area (TPSA) is 67.4 Å². The number of carbonyl (C=O) groups excluding carboxylic acids is 2. The summed E-state index contributed by atoms with van der Waals surface area (Å²) in [5, 5.41) is 6.26. The van der Waals surface area contributed by atoms with Crippen molar-refractivity contribution in [2.24, 2.45) is 0 Å². The van der Waals surface area contributed by atoms with Gasteiger partial charge in [-0.1, -0.05) is 252 Å². The van der Waals surface area contributed by atoms with Gasteiger partial charge in [-0.3, -0.25) is 9.59 Å². The van der Waals surface area contributed by atoms with Crippen molar-refractivity contribution in [3.63, 3.8) is 0 Å². The van der Waals surface area contributed by atoms with Crippen molar-refractivity contribution in [2.75, 3.05) is 19.7 Å². The molecule has 0 radical (unpaired) electrons. The Balaban J connectivity index is 2.36. The predicted octanol–water partition coefficient (Wildman–Crippen LogP) is 16.8. The lowest BCUT2D eigenvalue weighted by atomic mass is 10.0. The molecule has 0 fully saturated rings. The third kappa shape index (κ3) is 33.8. The third-order valence-electron chi connectivity index (χ3n) is 12.1. The van der Waals surface area contributed by atoms with E-state index in [1.54, 1.807) is 18.2 Å². The molecular formula is C53H98N2O3. The Hall–Kier alpha value is -2.04. The standard InChI is InChI=1S/C53H98N2O3/c1-4-7-10-13-16-19-21-23-25-27-29-31-34-37-40-45-54-52(56)49-43-44-50(51(48-49)58-47-42-39-36-33-18-15-12-9-6-3)53(57)55-46-41-38-35-32-30-28-26-24-22-20-17-14-11-8-5-2/h43-44,48H,4-42,45-47H2,1-3H3,(H,54,56)(H,55,57). The van der Waals surface area contributed by atoms with Gasteiger partial charge < -0.3 is 15.4 Å². The Morgan fingerprint density at radius 3 is 1.02 bits per heavy atom. The van der Waals surface area contributed by atoms with Crippen LogP contribution in [0.4, 0.5) is 0 Å². The van der Waals surface area contributed by atoms with Crippen molar-refractivity contribution in [1.82, 2.24) is 10.6 Å². The minimum atomic E-state index is -0.0998. The van der Waals surface area contributed by atoms with Gasteiger partial charge in [-0.2, -0.15) is 0 Å². The summed E-state index contributed by atoms with van der Waals surface area (Å²) in [6, 6.07) is 5.36. The van der Waals surface area contributed by atoms with E-state index in [2.05, 4.69) is 31.4 Å². The van der Waals surface area contributed by atoms with Gasteiger partial charge in [0.15, 0.2) is 0 Å². The van der Waals surface area contributed by atoms with Gasteiger partial charge in [-0.25, -0.2) is 0 Å². The van der Waals surface area contributed by atoms with E-state index >= 15 is 0 Å². The van der Waals surface area contributed by atoms with Gasteiger partial charge >= 0.3 is 0 Å². The smallest absolute Gasteiger partial charge is 0.255 e. The lowest BCUT2D eigenvalue weighted by Gasteiger charge is -2.14. The van der Waals surface area contributed by atoms with E-state index in [0.29, 0.717) is 36.6 Å². The highest BCUT2D eigenvalue weighted by Crippen LogP contribution is 2.22. The highest BCUT2D eigenvalue weighted by atomic mass is 16.5. The van der Waals surface area contributed by atoms with Crippen molar-refractivity contribution < 1.29 is 14.3 Å². The molecule has 0 aliphatic carbocycles. The molecule has 1 aromatic carbocycles. The molecule has 2 N–H and O–H groups in total. The maximum absolute atomic E-state index is 13.3. The maximum Gasteiger partial charge on any atom is 0.255 e. The largest absolute Gasteiger partial charge is 0.493 e. The van der Waals surface area contributed by atoms with Gasteiger partial charge in [-0.05, 0) is 37.5 Å². The van der Waals surface area contributed by atoms with Crippen LogP contribution in [-0.4, -0.2) is 31.5 Å². The Labute approximate surface area is 361 Å². The molecule has 0 heterocycles. The average Bonchev–Trinajstić information content (AvgIpc) is 3.23. The third-order valence-corrected chi connectivity index (χ3v) is 12.1. The summed E-state index contributed by atoms with van der Waals surface area (Å²) in [6.07, 6.45) is 51.3. The molecule has 1 aromatic rings. The normalized spacial score (nSPS) is 11.3. The second-order valence-electron chi connectivity index (χ2n) is 17.8. The maximum atomic E-state index is 13.3. The Bertz CT molecular complexity index is 1040. The van der Waals surface area contributed by atoms with Crippen molar-refractivity contribution >= 4 is 11.8 Å². The van der Waals surface area contributed by atoms with E-state index in [4.69, 9.17) is 4.74 Å². The summed E-state index contributed by atoms with van der Waals surface area (Å²) >= 11 is 0. The fourth-order valence-electron chi connectivity index (χ4n) is 8.16. The minimum Gasteiger partial charge on any atom is -0.493 e. The van der Waals surface area contributed by atoms with Crippen LogP contribution in [0.5, 0.6) is 5.75 Å². The number of hydrogen-bond acceptors (Lipinski definition) is 3. The van der Waals surface area contributed by atoms with E-state index in [-0.39, 0.29) is 11.8 Å². The van der Waals surface area contributed by atoms with Gasteiger partial charge in [0, 0.05) is 18.7 Å². The highest BCUT2D eigenvalue weighted by molar-refractivity contribution is 6.00. The molecule has 0 bridgehead atoms. The van der Waals surface area contributed by atoms with Gasteiger partial charge in [0.05, 0.1) is 12.2 Å². The summed E-state index contributed by atoms with van der Waals surface area (Å²) in [6.45, 7) is 8.77. The summed E-state index contributed by atoms with van der Waals surface area (Å²) < 4.78 is 6.24. The fraction of sp³-hybridized carbons (Fsp3) is 0.849. The van der Waals surface area contributed by atoms with Crippen molar-refractivity contribution in [1.29, 1.82) is 0 Å². The Morgan fingerprint density at radius 1 is 0.379 bits per heavy atom. The Kier molecular flexibility index (Phi) is 40.1. The molecule has 0 atom stereocenters. The molecule has 0 spiro atoms. The van der Waals surface area contributed by atoms with Crippen LogP contribution in [0, 0.1) is 0 Å². The summed E-state index contributed by atoms with van der Waals surface area (Å²) in [5.41, 5.74) is 1.11. The summed E-state index contributed by atoms with van der Waals surface area (Å²) in [4.78, 5) is 26.5. The molecule has 338 valence electrons. The molecule has 0 aliphatic rings. The average molecular weight is 811 g/mol. The van der Waals surface area contributed by atoms with E-state index in [9.17, 15) is 9.59 Å². The van der Waals surface area contributed by atoms with E-state index in [0.717, 1.165) is 38.5 Å². The molecule has 2 amide bonds. The molecule has 0 aromatic heterocycles. The number of benzene rings is 1. The first-order valence-electron chi connectivity index (χ1n) is 26.0. The minimum absolute atomic E-state index is 0.0805. The first kappa shape index (κ1) is 54.0. The molecule has 58 heavy (non-hydrogen) atoms. The van der Waals surface area contributed by atoms with Crippen LogP contribution in [0.2, 0.25) is 0 Å². The van der Waals surface area contributed by atoms with Crippen LogP contribution >= 0.6 is 0 Å². The molecular weight excluding hydrogens is 713 g/mol. The number of rotatable bonds is 45. The van der Waals surface area contributed by atoms with Crippen molar-refractivity contribution in [3.8, 4) is 5.75 Å². The molecule has 0 aliphatic heterocycles. The zero-order valence-corrected chi connectivity index (χ0v) is 39.2. The highest BCUT2D eigenvalue weighted by Gasteiger charge is 2.16. The number of ether oxygens (including phenoxy) is 1. The van der Waals surface area contributed by atoms with Crippen LogP contribution in [0.3, 0.4) is 0 Å². The van der Waals surface area contributed by atoms with E-state index in [1.807, 2.05) is 0 Å². The monoisotopic (exact) mass is 811 g/mol. The second-order valence-corrected chi connectivity index (χ2v) is 17.8. The van der Waals surface area contributed by atoms with Gasteiger partial charge in [0.25, 0.3) is 11.8 Å². The predicted molar refractivity (Wildman–Crippen MR) is 254 cm³/mol. The summed E-state index contributed by atoms with van der Waals surface area (Å²) in [5.74, 6) is 0.355. The van der Waals surface area contributed by atoms with Crippen molar-refractivity contribution in [3.05, 3.63) is 29.3 Å². The lowest BCUT2D eigenvalue weighted by Crippen LogP contribution is -2.26. The lowest BCUT2D eigenvalue weighted by molar-refractivity contribution is 0.0937. The molecule has 0 saturated carbocycles. The number of carbonyl (C=O) groups is 2. The van der Waals surface area contributed by atoms with Crippen LogP contribution in [0.25, 0.3) is 0 Å².